The second-order valence-corrected chi connectivity index (χ2v) is 4.13. The van der Waals surface area contributed by atoms with Crippen molar-refractivity contribution >= 4 is 5.91 Å². The number of rotatable bonds is 4. The second kappa shape index (κ2) is 5.12. The Morgan fingerprint density at radius 1 is 1.75 bits per heavy atom. The highest BCUT2D eigenvalue weighted by Crippen LogP contribution is 2.08. The van der Waals surface area contributed by atoms with Gasteiger partial charge in [0.05, 0.1) is 6.20 Å². The highest BCUT2D eigenvalue weighted by atomic mass is 16.5. The van der Waals surface area contributed by atoms with Crippen LogP contribution < -0.4 is 10.6 Å². The molecule has 1 amide bonds. The minimum atomic E-state index is -0.100. The maximum absolute atomic E-state index is 11.7. The third-order valence-electron chi connectivity index (χ3n) is 2.94. The van der Waals surface area contributed by atoms with Crippen LogP contribution in [-0.4, -0.2) is 30.2 Å². The molecule has 0 saturated carbocycles. The molecule has 0 bridgehead atoms. The molecular formula is C11H17N3O2. The molecule has 1 saturated heterocycles. The lowest BCUT2D eigenvalue weighted by molar-refractivity contribution is 0.0951. The zero-order chi connectivity index (χ0) is 11.4. The summed E-state index contributed by atoms with van der Waals surface area (Å²) in [5, 5.41) is 9.85. The van der Waals surface area contributed by atoms with Crippen LogP contribution >= 0.6 is 0 Å². The molecule has 2 heterocycles. The number of hydrogen-bond acceptors (Lipinski definition) is 4. The monoisotopic (exact) mass is 223 g/mol. The lowest BCUT2D eigenvalue weighted by Gasteiger charge is -2.10. The molecule has 0 spiro atoms. The molecule has 1 aromatic rings. The van der Waals surface area contributed by atoms with Crippen molar-refractivity contribution in [1.29, 1.82) is 0 Å². The number of nitrogens with one attached hydrogen (secondary N) is 2. The topological polar surface area (TPSA) is 67.2 Å². The van der Waals surface area contributed by atoms with Crippen molar-refractivity contribution in [3.05, 3.63) is 17.5 Å². The Labute approximate surface area is 94.6 Å². The maximum Gasteiger partial charge on any atom is 0.256 e. The van der Waals surface area contributed by atoms with Crippen molar-refractivity contribution in [3.8, 4) is 0 Å². The molecule has 0 aromatic carbocycles. The quantitative estimate of drug-likeness (QED) is 0.794. The van der Waals surface area contributed by atoms with Crippen LogP contribution in [0.1, 0.15) is 35.4 Å². The molecule has 5 heteroatoms. The molecule has 16 heavy (non-hydrogen) atoms. The number of amides is 1. The van der Waals surface area contributed by atoms with Gasteiger partial charge in [-0.05, 0) is 32.7 Å². The normalized spacial score (nSPS) is 19.9. The van der Waals surface area contributed by atoms with Crippen molar-refractivity contribution in [1.82, 2.24) is 15.8 Å². The van der Waals surface area contributed by atoms with Crippen LogP contribution in [0, 0.1) is 6.92 Å². The van der Waals surface area contributed by atoms with Gasteiger partial charge in [-0.2, -0.15) is 0 Å². The molecule has 5 nitrogen and oxygen atoms in total. The van der Waals surface area contributed by atoms with Crippen LogP contribution in [0.15, 0.2) is 10.7 Å². The summed E-state index contributed by atoms with van der Waals surface area (Å²) in [6.07, 6.45) is 4.89. The Bertz CT molecular complexity index is 356. The summed E-state index contributed by atoms with van der Waals surface area (Å²) >= 11 is 0. The maximum atomic E-state index is 11.7. The lowest BCUT2D eigenvalue weighted by Crippen LogP contribution is -2.30. The molecule has 2 rings (SSSR count). The zero-order valence-corrected chi connectivity index (χ0v) is 9.45. The molecule has 2 N–H and O–H groups in total. The smallest absolute Gasteiger partial charge is 0.256 e. The van der Waals surface area contributed by atoms with E-state index in [1.54, 1.807) is 6.92 Å². The van der Waals surface area contributed by atoms with Crippen molar-refractivity contribution in [2.24, 2.45) is 0 Å². The fraction of sp³-hybridized carbons (Fsp3) is 0.636. The Hall–Kier alpha value is -1.36. The van der Waals surface area contributed by atoms with Gasteiger partial charge in [0, 0.05) is 12.6 Å². The fourth-order valence-corrected chi connectivity index (χ4v) is 1.97. The van der Waals surface area contributed by atoms with E-state index in [4.69, 9.17) is 4.52 Å². The van der Waals surface area contributed by atoms with Crippen LogP contribution in [0.3, 0.4) is 0 Å². The van der Waals surface area contributed by atoms with Crippen LogP contribution in [-0.2, 0) is 0 Å². The van der Waals surface area contributed by atoms with Crippen LogP contribution in [0.2, 0.25) is 0 Å². The van der Waals surface area contributed by atoms with E-state index >= 15 is 0 Å². The highest BCUT2D eigenvalue weighted by Gasteiger charge is 2.15. The summed E-state index contributed by atoms with van der Waals surface area (Å²) in [4.78, 5) is 11.7. The van der Waals surface area contributed by atoms with E-state index in [9.17, 15) is 4.79 Å². The van der Waals surface area contributed by atoms with E-state index in [1.165, 1.54) is 19.0 Å². The third-order valence-corrected chi connectivity index (χ3v) is 2.94. The number of aryl methyl sites for hydroxylation is 1. The predicted molar refractivity (Wildman–Crippen MR) is 59.2 cm³/mol. The third kappa shape index (κ3) is 2.61. The van der Waals surface area contributed by atoms with Gasteiger partial charge in [-0.3, -0.25) is 4.79 Å². The van der Waals surface area contributed by atoms with Gasteiger partial charge in [0.1, 0.15) is 11.3 Å². The number of hydrogen-bond donors (Lipinski definition) is 2. The summed E-state index contributed by atoms with van der Waals surface area (Å²) in [5.74, 6) is 0.466. The average molecular weight is 223 g/mol. The van der Waals surface area contributed by atoms with E-state index in [0.29, 0.717) is 23.9 Å². The lowest BCUT2D eigenvalue weighted by atomic mass is 10.1. The van der Waals surface area contributed by atoms with E-state index in [1.807, 2.05) is 0 Å². The number of nitrogens with zero attached hydrogens (tertiary/aromatic N) is 1. The second-order valence-electron chi connectivity index (χ2n) is 4.13. The van der Waals surface area contributed by atoms with Gasteiger partial charge < -0.3 is 15.2 Å². The van der Waals surface area contributed by atoms with Crippen molar-refractivity contribution in [2.75, 3.05) is 13.1 Å². The van der Waals surface area contributed by atoms with E-state index in [2.05, 4.69) is 15.8 Å². The molecule has 1 unspecified atom stereocenters. The van der Waals surface area contributed by atoms with E-state index in [0.717, 1.165) is 13.0 Å². The Balaban J connectivity index is 1.73. The molecule has 1 aliphatic heterocycles. The van der Waals surface area contributed by atoms with Gasteiger partial charge in [-0.1, -0.05) is 5.16 Å². The number of carbonyl (C=O) groups excluding carboxylic acids is 1. The first-order valence-corrected chi connectivity index (χ1v) is 5.70. The van der Waals surface area contributed by atoms with E-state index < -0.39 is 0 Å². The Kier molecular flexibility index (Phi) is 3.56. The van der Waals surface area contributed by atoms with Crippen molar-refractivity contribution in [2.45, 2.75) is 32.2 Å². The molecular weight excluding hydrogens is 206 g/mol. The minimum absolute atomic E-state index is 0.100. The van der Waals surface area contributed by atoms with Gasteiger partial charge in [0.2, 0.25) is 0 Å². The van der Waals surface area contributed by atoms with Gasteiger partial charge in [-0.25, -0.2) is 0 Å². The SMILES string of the molecule is Cc1oncc1C(=O)NCCC1CCCN1. The summed E-state index contributed by atoms with van der Waals surface area (Å²) in [7, 11) is 0. The number of aromatic nitrogens is 1. The van der Waals surface area contributed by atoms with Crippen LogP contribution in [0.5, 0.6) is 0 Å². The molecule has 1 fully saturated rings. The van der Waals surface area contributed by atoms with Gasteiger partial charge in [-0.15, -0.1) is 0 Å². The standard InChI is InChI=1S/C11H17N3O2/c1-8-10(7-14-16-8)11(15)13-6-4-9-3-2-5-12-9/h7,9,12H,2-6H2,1H3,(H,13,15). The van der Waals surface area contributed by atoms with E-state index in [-0.39, 0.29) is 5.91 Å². The summed E-state index contributed by atoms with van der Waals surface area (Å²) in [5.41, 5.74) is 0.527. The number of carbonyl (C=O) groups is 1. The Morgan fingerprint density at radius 2 is 2.62 bits per heavy atom. The first-order valence-electron chi connectivity index (χ1n) is 5.70. The first kappa shape index (κ1) is 11.1. The molecule has 1 aromatic heterocycles. The predicted octanol–water partition coefficient (Wildman–Crippen LogP) is 0.855. The van der Waals surface area contributed by atoms with Crippen molar-refractivity contribution < 1.29 is 9.32 Å². The summed E-state index contributed by atoms with van der Waals surface area (Å²) in [6.45, 7) is 3.53. The highest BCUT2D eigenvalue weighted by molar-refractivity contribution is 5.94. The fourth-order valence-electron chi connectivity index (χ4n) is 1.97. The van der Waals surface area contributed by atoms with Crippen LogP contribution in [0.4, 0.5) is 0 Å². The van der Waals surface area contributed by atoms with Gasteiger partial charge >= 0.3 is 0 Å². The molecule has 1 atom stereocenters. The van der Waals surface area contributed by atoms with Gasteiger partial charge in [0.25, 0.3) is 5.91 Å². The average Bonchev–Trinajstić information content (AvgIpc) is 2.88. The largest absolute Gasteiger partial charge is 0.361 e. The summed E-state index contributed by atoms with van der Waals surface area (Å²) in [6, 6.07) is 0.559. The molecule has 1 aliphatic rings. The molecule has 88 valence electrons. The molecule has 0 aliphatic carbocycles. The van der Waals surface area contributed by atoms with Gasteiger partial charge in [0.15, 0.2) is 0 Å². The first-order chi connectivity index (χ1) is 7.77. The van der Waals surface area contributed by atoms with Crippen LogP contribution in [0.25, 0.3) is 0 Å². The summed E-state index contributed by atoms with van der Waals surface area (Å²) < 4.78 is 4.84. The Morgan fingerprint density at radius 3 is 3.25 bits per heavy atom. The minimum Gasteiger partial charge on any atom is -0.361 e. The molecule has 0 radical (unpaired) electrons. The zero-order valence-electron chi connectivity index (χ0n) is 9.45. The van der Waals surface area contributed by atoms with Crippen molar-refractivity contribution in [3.63, 3.8) is 0 Å².